The molecule has 0 heterocycles. The molecule has 392 valence electrons. The molecule has 0 aromatic heterocycles. The Kier molecular flexibility index (Phi) is 54.7. The number of hydrogen-bond acceptors (Lipinski definition) is 6. The number of carbonyl (C=O) groups is 3. The molecule has 0 rings (SSSR count). The molecule has 0 aliphatic heterocycles. The molecule has 0 fully saturated rings. The second kappa shape index (κ2) is 56.0. The van der Waals surface area contributed by atoms with Crippen molar-refractivity contribution in [3.63, 3.8) is 0 Å². The van der Waals surface area contributed by atoms with Crippen LogP contribution in [0.25, 0.3) is 0 Å². The fourth-order valence-electron chi connectivity index (χ4n) is 9.33. The topological polar surface area (TPSA) is 78.9 Å². The van der Waals surface area contributed by atoms with Crippen LogP contribution in [0.3, 0.4) is 0 Å². The van der Waals surface area contributed by atoms with Crippen molar-refractivity contribution in [2.75, 3.05) is 13.2 Å². The number of hydrogen-bond donors (Lipinski definition) is 0. The van der Waals surface area contributed by atoms with E-state index in [4.69, 9.17) is 14.2 Å². The summed E-state index contributed by atoms with van der Waals surface area (Å²) in [5.41, 5.74) is 0. The van der Waals surface area contributed by atoms with E-state index in [0.717, 1.165) is 57.8 Å². The maximum Gasteiger partial charge on any atom is 0.306 e. The summed E-state index contributed by atoms with van der Waals surface area (Å²) in [6, 6.07) is 0. The highest BCUT2D eigenvalue weighted by atomic mass is 16.6. The number of carbonyl (C=O) groups excluding carboxylic acids is 3. The Balaban J connectivity index is 4.26. The lowest BCUT2D eigenvalue weighted by Gasteiger charge is -2.18. The van der Waals surface area contributed by atoms with Crippen LogP contribution in [0.1, 0.15) is 348 Å². The molecule has 66 heavy (non-hydrogen) atoms. The smallest absolute Gasteiger partial charge is 0.306 e. The quantitative estimate of drug-likeness (QED) is 0.0343. The number of esters is 3. The fraction of sp³-hybridized carbons (Fsp3) is 0.950. The monoisotopic (exact) mass is 933 g/mol. The first kappa shape index (κ1) is 64.4. The van der Waals surface area contributed by atoms with E-state index in [9.17, 15) is 14.4 Å². The van der Waals surface area contributed by atoms with Gasteiger partial charge in [-0.25, -0.2) is 0 Å². The van der Waals surface area contributed by atoms with Gasteiger partial charge >= 0.3 is 17.9 Å². The van der Waals surface area contributed by atoms with Gasteiger partial charge in [0.15, 0.2) is 6.10 Å². The maximum atomic E-state index is 12.9. The van der Waals surface area contributed by atoms with Crippen LogP contribution in [0, 0.1) is 0 Å². The van der Waals surface area contributed by atoms with Crippen molar-refractivity contribution >= 4 is 17.9 Å². The van der Waals surface area contributed by atoms with Crippen molar-refractivity contribution in [2.45, 2.75) is 354 Å². The zero-order valence-corrected chi connectivity index (χ0v) is 45.0. The van der Waals surface area contributed by atoms with E-state index in [1.54, 1.807) is 0 Å². The van der Waals surface area contributed by atoms with Gasteiger partial charge in [-0.1, -0.05) is 310 Å². The second-order valence-corrected chi connectivity index (χ2v) is 20.6. The molecule has 1 atom stereocenters. The summed E-state index contributed by atoms with van der Waals surface area (Å²) in [6.45, 7) is 6.72. The van der Waals surface area contributed by atoms with Crippen LogP contribution in [-0.2, 0) is 28.6 Å². The molecule has 0 amide bonds. The van der Waals surface area contributed by atoms with Gasteiger partial charge in [0.1, 0.15) is 13.2 Å². The van der Waals surface area contributed by atoms with Crippen LogP contribution < -0.4 is 0 Å². The van der Waals surface area contributed by atoms with Crippen LogP contribution >= 0.6 is 0 Å². The third-order valence-electron chi connectivity index (χ3n) is 13.9. The lowest BCUT2D eigenvalue weighted by molar-refractivity contribution is -0.167. The Morgan fingerprint density at radius 2 is 0.409 bits per heavy atom. The van der Waals surface area contributed by atoms with E-state index in [-0.39, 0.29) is 31.1 Å². The Morgan fingerprint density at radius 1 is 0.242 bits per heavy atom. The van der Waals surface area contributed by atoms with E-state index in [0.29, 0.717) is 19.3 Å². The molecule has 0 spiro atoms. The van der Waals surface area contributed by atoms with Crippen molar-refractivity contribution < 1.29 is 28.6 Å². The highest BCUT2D eigenvalue weighted by Gasteiger charge is 2.19. The maximum absolute atomic E-state index is 12.9. The van der Waals surface area contributed by atoms with Crippen LogP contribution in [0.15, 0.2) is 0 Å². The van der Waals surface area contributed by atoms with Crippen molar-refractivity contribution in [3.8, 4) is 0 Å². The van der Waals surface area contributed by atoms with E-state index < -0.39 is 6.10 Å². The number of rotatable bonds is 56. The largest absolute Gasteiger partial charge is 0.462 e. The summed E-state index contributed by atoms with van der Waals surface area (Å²) >= 11 is 0. The van der Waals surface area contributed by atoms with Crippen LogP contribution in [0.5, 0.6) is 0 Å². The van der Waals surface area contributed by atoms with Crippen molar-refractivity contribution in [3.05, 3.63) is 0 Å². The SMILES string of the molecule is CCCCCCCCCCCCCCCCCCCCCC(=O)OC[C@@H](COC(=O)CCCCCCCCCCCCCCCC)OC(=O)CCCCCCCCCCCCCCCCC. The molecule has 0 aliphatic carbocycles. The molecule has 0 unspecified atom stereocenters. The summed E-state index contributed by atoms with van der Waals surface area (Å²) in [6.07, 6.45) is 62.4. The molecule has 0 N–H and O–H groups in total. The van der Waals surface area contributed by atoms with E-state index in [2.05, 4.69) is 20.8 Å². The molecule has 0 aromatic carbocycles. The van der Waals surface area contributed by atoms with E-state index in [1.807, 2.05) is 0 Å². The number of ether oxygens (including phenoxy) is 3. The van der Waals surface area contributed by atoms with Gasteiger partial charge in [0.2, 0.25) is 0 Å². The summed E-state index contributed by atoms with van der Waals surface area (Å²) < 4.78 is 16.9. The van der Waals surface area contributed by atoms with Gasteiger partial charge in [-0.2, -0.15) is 0 Å². The predicted octanol–water partition coefficient (Wildman–Crippen LogP) is 19.9. The van der Waals surface area contributed by atoms with Gasteiger partial charge in [-0.15, -0.1) is 0 Å². The van der Waals surface area contributed by atoms with Gasteiger partial charge in [0.05, 0.1) is 0 Å². The van der Waals surface area contributed by atoms with Gasteiger partial charge < -0.3 is 14.2 Å². The van der Waals surface area contributed by atoms with Crippen molar-refractivity contribution in [2.24, 2.45) is 0 Å². The first-order valence-corrected chi connectivity index (χ1v) is 30.0. The average molecular weight is 934 g/mol. The zero-order chi connectivity index (χ0) is 47.9. The third kappa shape index (κ3) is 53.4. The molecular weight excluding hydrogens is 817 g/mol. The minimum atomic E-state index is -0.761. The Morgan fingerprint density at radius 3 is 0.606 bits per heavy atom. The van der Waals surface area contributed by atoms with Gasteiger partial charge in [-0.05, 0) is 19.3 Å². The Labute approximate surface area is 412 Å². The van der Waals surface area contributed by atoms with Crippen LogP contribution in [-0.4, -0.2) is 37.2 Å². The molecule has 0 radical (unpaired) electrons. The Hall–Kier alpha value is -1.59. The molecule has 0 aliphatic rings. The second-order valence-electron chi connectivity index (χ2n) is 20.6. The van der Waals surface area contributed by atoms with E-state index in [1.165, 1.54) is 250 Å². The van der Waals surface area contributed by atoms with Crippen LogP contribution in [0.4, 0.5) is 0 Å². The molecule has 0 saturated carbocycles. The Bertz CT molecular complexity index is 982. The highest BCUT2D eigenvalue weighted by Crippen LogP contribution is 2.18. The minimum Gasteiger partial charge on any atom is -0.462 e. The lowest BCUT2D eigenvalue weighted by atomic mass is 10.0. The third-order valence-corrected chi connectivity index (χ3v) is 13.9. The van der Waals surface area contributed by atoms with Crippen molar-refractivity contribution in [1.29, 1.82) is 0 Å². The summed E-state index contributed by atoms with van der Waals surface area (Å²) in [5, 5.41) is 0. The fourth-order valence-corrected chi connectivity index (χ4v) is 9.33. The predicted molar refractivity (Wildman–Crippen MR) is 284 cm³/mol. The summed E-state index contributed by atoms with van der Waals surface area (Å²) in [7, 11) is 0. The number of unbranched alkanes of at least 4 members (excludes halogenated alkanes) is 45. The van der Waals surface area contributed by atoms with E-state index >= 15 is 0 Å². The summed E-state index contributed by atoms with van der Waals surface area (Å²) in [4.78, 5) is 38.2. The van der Waals surface area contributed by atoms with Crippen LogP contribution in [0.2, 0.25) is 0 Å². The standard InChI is InChI=1S/C60H116O6/c1-4-7-10-13-16-19-22-25-28-29-30-31-33-35-38-41-44-47-50-53-59(62)65-56-57(55-64-58(61)52-49-46-43-40-37-34-27-24-21-18-15-12-9-6-3)66-60(63)54-51-48-45-42-39-36-32-26-23-20-17-14-11-8-5-2/h57H,4-56H2,1-3H3/t57-/m1/s1. The summed E-state index contributed by atoms with van der Waals surface area (Å²) in [5.74, 6) is -0.829. The molecular formula is C60H116O6. The zero-order valence-electron chi connectivity index (χ0n) is 45.0. The molecule has 0 aromatic rings. The minimum absolute atomic E-state index is 0.0608. The van der Waals surface area contributed by atoms with Gasteiger partial charge in [-0.3, -0.25) is 14.4 Å². The first-order chi connectivity index (χ1) is 32.5. The lowest BCUT2D eigenvalue weighted by Crippen LogP contribution is -2.30. The molecule has 0 bridgehead atoms. The average Bonchev–Trinajstić information content (AvgIpc) is 3.31. The normalized spacial score (nSPS) is 11.9. The van der Waals surface area contributed by atoms with Gasteiger partial charge in [0, 0.05) is 19.3 Å². The molecule has 6 heteroatoms. The first-order valence-electron chi connectivity index (χ1n) is 30.0. The van der Waals surface area contributed by atoms with Gasteiger partial charge in [0.25, 0.3) is 0 Å². The molecule has 0 saturated heterocycles. The van der Waals surface area contributed by atoms with Crippen molar-refractivity contribution in [1.82, 2.24) is 0 Å². The highest BCUT2D eigenvalue weighted by molar-refractivity contribution is 5.71. The molecule has 6 nitrogen and oxygen atoms in total.